The Morgan fingerprint density at radius 1 is 1.10 bits per heavy atom. The van der Waals surface area contributed by atoms with Gasteiger partial charge in [-0.15, -0.1) is 0 Å². The molecule has 20 heavy (non-hydrogen) atoms. The standard InChI is InChI=1S/C17H22N2O/c1-3-17(20)14-8-10-16(11-9-14)19(4-2)13-15-7-5-6-12-18-15/h5-12,17,20H,3-4,13H2,1-2H3/t17-/m0/s1. The van der Waals surface area contributed by atoms with Crippen LogP contribution in [0, 0.1) is 0 Å². The molecule has 1 aromatic heterocycles. The van der Waals surface area contributed by atoms with Crippen molar-refractivity contribution in [3.05, 3.63) is 59.9 Å². The van der Waals surface area contributed by atoms with E-state index >= 15 is 0 Å². The highest BCUT2D eigenvalue weighted by Gasteiger charge is 2.08. The number of rotatable bonds is 6. The summed E-state index contributed by atoms with van der Waals surface area (Å²) < 4.78 is 0. The smallest absolute Gasteiger partial charge is 0.0787 e. The minimum absolute atomic E-state index is 0.366. The van der Waals surface area contributed by atoms with E-state index in [4.69, 9.17) is 0 Å². The van der Waals surface area contributed by atoms with Gasteiger partial charge in [0.1, 0.15) is 0 Å². The van der Waals surface area contributed by atoms with Gasteiger partial charge in [-0.1, -0.05) is 25.1 Å². The highest BCUT2D eigenvalue weighted by molar-refractivity contribution is 5.48. The second-order valence-corrected chi connectivity index (χ2v) is 4.85. The van der Waals surface area contributed by atoms with E-state index in [-0.39, 0.29) is 6.10 Å². The van der Waals surface area contributed by atoms with Crippen LogP contribution in [-0.2, 0) is 6.54 Å². The Morgan fingerprint density at radius 2 is 1.85 bits per heavy atom. The Labute approximate surface area is 120 Å². The Hall–Kier alpha value is -1.87. The summed E-state index contributed by atoms with van der Waals surface area (Å²) in [5.41, 5.74) is 3.20. The number of anilines is 1. The molecule has 1 aromatic carbocycles. The summed E-state index contributed by atoms with van der Waals surface area (Å²) in [6.07, 6.45) is 2.20. The molecule has 0 amide bonds. The van der Waals surface area contributed by atoms with Crippen LogP contribution >= 0.6 is 0 Å². The fourth-order valence-electron chi connectivity index (χ4n) is 2.22. The van der Waals surface area contributed by atoms with Gasteiger partial charge in [-0.2, -0.15) is 0 Å². The van der Waals surface area contributed by atoms with Crippen LogP contribution in [0.2, 0.25) is 0 Å². The summed E-state index contributed by atoms with van der Waals surface area (Å²) in [5.74, 6) is 0. The molecule has 3 heteroatoms. The first kappa shape index (κ1) is 14.5. The normalized spacial score (nSPS) is 12.2. The lowest BCUT2D eigenvalue weighted by Gasteiger charge is -2.23. The Balaban J connectivity index is 2.11. The van der Waals surface area contributed by atoms with Gasteiger partial charge in [-0.25, -0.2) is 0 Å². The van der Waals surface area contributed by atoms with Gasteiger partial charge in [0.05, 0.1) is 18.3 Å². The molecule has 0 aliphatic carbocycles. The van der Waals surface area contributed by atoms with Crippen molar-refractivity contribution in [3.8, 4) is 0 Å². The largest absolute Gasteiger partial charge is 0.388 e. The topological polar surface area (TPSA) is 36.4 Å². The van der Waals surface area contributed by atoms with Gasteiger partial charge < -0.3 is 10.0 Å². The van der Waals surface area contributed by atoms with Crippen LogP contribution in [0.15, 0.2) is 48.7 Å². The quantitative estimate of drug-likeness (QED) is 0.872. The molecule has 2 aromatic rings. The number of hydrogen-bond acceptors (Lipinski definition) is 3. The monoisotopic (exact) mass is 270 g/mol. The maximum atomic E-state index is 9.83. The number of nitrogens with zero attached hydrogens (tertiary/aromatic N) is 2. The van der Waals surface area contributed by atoms with E-state index in [1.54, 1.807) is 0 Å². The lowest BCUT2D eigenvalue weighted by Crippen LogP contribution is -2.22. The Kier molecular flexibility index (Phi) is 5.13. The van der Waals surface area contributed by atoms with Gasteiger partial charge in [0.25, 0.3) is 0 Å². The van der Waals surface area contributed by atoms with Gasteiger partial charge in [0, 0.05) is 18.4 Å². The van der Waals surface area contributed by atoms with Crippen LogP contribution in [0.25, 0.3) is 0 Å². The summed E-state index contributed by atoms with van der Waals surface area (Å²) >= 11 is 0. The Bertz CT molecular complexity index is 510. The number of pyridine rings is 1. The van der Waals surface area contributed by atoms with E-state index in [0.717, 1.165) is 36.5 Å². The molecule has 3 nitrogen and oxygen atoms in total. The average molecular weight is 270 g/mol. The molecular weight excluding hydrogens is 248 g/mol. The highest BCUT2D eigenvalue weighted by Crippen LogP contribution is 2.22. The van der Waals surface area contributed by atoms with Gasteiger partial charge in [-0.05, 0) is 43.2 Å². The van der Waals surface area contributed by atoms with Gasteiger partial charge in [0.15, 0.2) is 0 Å². The first-order valence-corrected chi connectivity index (χ1v) is 7.17. The molecule has 0 bridgehead atoms. The number of aliphatic hydroxyl groups excluding tert-OH is 1. The van der Waals surface area contributed by atoms with E-state index in [0.29, 0.717) is 0 Å². The lowest BCUT2D eigenvalue weighted by molar-refractivity contribution is 0.173. The Morgan fingerprint density at radius 3 is 2.40 bits per heavy atom. The number of aromatic nitrogens is 1. The van der Waals surface area contributed by atoms with Crippen LogP contribution in [0.4, 0.5) is 5.69 Å². The second kappa shape index (κ2) is 7.06. The molecule has 0 saturated heterocycles. The maximum absolute atomic E-state index is 9.83. The first-order valence-electron chi connectivity index (χ1n) is 7.17. The minimum atomic E-state index is -0.366. The lowest BCUT2D eigenvalue weighted by atomic mass is 10.1. The molecule has 0 aliphatic rings. The molecule has 2 rings (SSSR count). The van der Waals surface area contributed by atoms with Crippen molar-refractivity contribution in [1.82, 2.24) is 4.98 Å². The van der Waals surface area contributed by atoms with Gasteiger partial charge in [-0.3, -0.25) is 4.98 Å². The third kappa shape index (κ3) is 3.58. The van der Waals surface area contributed by atoms with E-state index in [2.05, 4.69) is 28.9 Å². The fraction of sp³-hybridized carbons (Fsp3) is 0.353. The number of aliphatic hydroxyl groups is 1. The second-order valence-electron chi connectivity index (χ2n) is 4.85. The predicted molar refractivity (Wildman–Crippen MR) is 82.7 cm³/mol. The van der Waals surface area contributed by atoms with Gasteiger partial charge in [0.2, 0.25) is 0 Å². The summed E-state index contributed by atoms with van der Waals surface area (Å²) in [6, 6.07) is 14.1. The molecule has 1 N–H and O–H groups in total. The molecule has 0 radical (unpaired) electrons. The zero-order valence-electron chi connectivity index (χ0n) is 12.2. The summed E-state index contributed by atoms with van der Waals surface area (Å²) in [6.45, 7) is 5.84. The zero-order valence-corrected chi connectivity index (χ0v) is 12.2. The molecule has 0 fully saturated rings. The van der Waals surface area contributed by atoms with Crippen molar-refractivity contribution in [2.75, 3.05) is 11.4 Å². The first-order chi connectivity index (χ1) is 9.74. The maximum Gasteiger partial charge on any atom is 0.0787 e. The van der Waals surface area contributed by atoms with Crippen LogP contribution < -0.4 is 4.90 Å². The van der Waals surface area contributed by atoms with Gasteiger partial charge >= 0.3 is 0 Å². The summed E-state index contributed by atoms with van der Waals surface area (Å²) in [7, 11) is 0. The van der Waals surface area contributed by atoms with Crippen molar-refractivity contribution in [2.45, 2.75) is 32.9 Å². The molecule has 0 spiro atoms. The summed E-state index contributed by atoms with van der Waals surface area (Å²) in [4.78, 5) is 6.64. The minimum Gasteiger partial charge on any atom is -0.388 e. The van der Waals surface area contributed by atoms with E-state index in [9.17, 15) is 5.11 Å². The molecule has 106 valence electrons. The van der Waals surface area contributed by atoms with Crippen molar-refractivity contribution in [3.63, 3.8) is 0 Å². The van der Waals surface area contributed by atoms with E-state index in [1.165, 1.54) is 0 Å². The van der Waals surface area contributed by atoms with E-state index in [1.807, 2.05) is 43.5 Å². The van der Waals surface area contributed by atoms with Crippen molar-refractivity contribution in [1.29, 1.82) is 0 Å². The third-order valence-electron chi connectivity index (χ3n) is 3.49. The summed E-state index contributed by atoms with van der Waals surface area (Å²) in [5, 5.41) is 9.83. The van der Waals surface area contributed by atoms with Crippen LogP contribution in [0.5, 0.6) is 0 Å². The number of hydrogen-bond donors (Lipinski definition) is 1. The molecule has 1 atom stereocenters. The van der Waals surface area contributed by atoms with Crippen molar-refractivity contribution in [2.24, 2.45) is 0 Å². The molecule has 0 aliphatic heterocycles. The van der Waals surface area contributed by atoms with Crippen molar-refractivity contribution >= 4 is 5.69 Å². The highest BCUT2D eigenvalue weighted by atomic mass is 16.3. The average Bonchev–Trinajstić information content (AvgIpc) is 2.53. The van der Waals surface area contributed by atoms with Crippen LogP contribution in [0.1, 0.15) is 37.6 Å². The van der Waals surface area contributed by atoms with E-state index < -0.39 is 0 Å². The molecular formula is C17H22N2O. The number of benzene rings is 1. The van der Waals surface area contributed by atoms with Crippen molar-refractivity contribution < 1.29 is 5.11 Å². The van der Waals surface area contributed by atoms with Crippen LogP contribution in [-0.4, -0.2) is 16.6 Å². The fourth-order valence-corrected chi connectivity index (χ4v) is 2.22. The predicted octanol–water partition coefficient (Wildman–Crippen LogP) is 3.55. The molecule has 0 unspecified atom stereocenters. The SMILES string of the molecule is CC[C@H](O)c1ccc(N(CC)Cc2ccccn2)cc1. The molecule has 0 saturated carbocycles. The zero-order chi connectivity index (χ0) is 14.4. The third-order valence-corrected chi connectivity index (χ3v) is 3.49. The molecule has 1 heterocycles. The van der Waals surface area contributed by atoms with Crippen LogP contribution in [0.3, 0.4) is 0 Å².